The fourth-order valence-electron chi connectivity index (χ4n) is 1.33. The highest BCUT2D eigenvalue weighted by molar-refractivity contribution is 5.89. The number of nitrogens with zero attached hydrogens (tertiary/aromatic N) is 2. The number of anilines is 1. The van der Waals surface area contributed by atoms with E-state index in [1.54, 1.807) is 31.4 Å². The van der Waals surface area contributed by atoms with Gasteiger partial charge in [-0.15, -0.1) is 0 Å². The molecule has 18 heavy (non-hydrogen) atoms. The van der Waals surface area contributed by atoms with E-state index in [0.717, 1.165) is 5.75 Å². The van der Waals surface area contributed by atoms with Gasteiger partial charge in [0, 0.05) is 5.69 Å². The molecule has 0 aliphatic heterocycles. The summed E-state index contributed by atoms with van der Waals surface area (Å²) in [6.07, 6.45) is 1.39. The number of hydrogen-bond donors (Lipinski definition) is 3. The number of aromatic amines is 1. The predicted octanol–water partition coefficient (Wildman–Crippen LogP) is 1.13. The van der Waals surface area contributed by atoms with Crippen molar-refractivity contribution in [1.82, 2.24) is 20.5 Å². The zero-order valence-corrected chi connectivity index (χ0v) is 9.80. The Morgan fingerprint density at radius 3 is 2.78 bits per heavy atom. The zero-order chi connectivity index (χ0) is 12.8. The molecule has 2 amide bonds. The number of aromatic nitrogens is 3. The van der Waals surface area contributed by atoms with Crippen molar-refractivity contribution >= 4 is 11.7 Å². The Balaban J connectivity index is 1.83. The Morgan fingerprint density at radius 1 is 1.39 bits per heavy atom. The number of benzene rings is 1. The van der Waals surface area contributed by atoms with Crippen LogP contribution in [0.5, 0.6) is 5.75 Å². The van der Waals surface area contributed by atoms with E-state index < -0.39 is 0 Å². The molecule has 2 rings (SSSR count). The summed E-state index contributed by atoms with van der Waals surface area (Å²) in [5, 5.41) is 11.7. The van der Waals surface area contributed by atoms with Crippen LogP contribution in [0.25, 0.3) is 0 Å². The van der Waals surface area contributed by atoms with Crippen LogP contribution in [0.4, 0.5) is 10.5 Å². The first-order valence-corrected chi connectivity index (χ1v) is 5.31. The molecule has 1 heterocycles. The Hall–Kier alpha value is -2.57. The van der Waals surface area contributed by atoms with Crippen molar-refractivity contribution in [2.75, 3.05) is 12.4 Å². The van der Waals surface area contributed by atoms with Crippen molar-refractivity contribution in [2.45, 2.75) is 6.54 Å². The highest BCUT2D eigenvalue weighted by Crippen LogP contribution is 2.14. The van der Waals surface area contributed by atoms with Gasteiger partial charge in [-0.1, -0.05) is 0 Å². The summed E-state index contributed by atoms with van der Waals surface area (Å²) in [5.41, 5.74) is 0.686. The fourth-order valence-corrected chi connectivity index (χ4v) is 1.33. The SMILES string of the molecule is COc1ccc(NC(=O)NCc2ncn[nH]2)cc1. The van der Waals surface area contributed by atoms with Crippen molar-refractivity contribution < 1.29 is 9.53 Å². The molecule has 0 fully saturated rings. The topological polar surface area (TPSA) is 91.9 Å². The molecule has 7 heteroatoms. The van der Waals surface area contributed by atoms with Crippen molar-refractivity contribution in [3.63, 3.8) is 0 Å². The fraction of sp³-hybridized carbons (Fsp3) is 0.182. The molecule has 7 nitrogen and oxygen atoms in total. The highest BCUT2D eigenvalue weighted by atomic mass is 16.5. The molecule has 94 valence electrons. The molecule has 0 bridgehead atoms. The van der Waals surface area contributed by atoms with Crippen LogP contribution in [0.1, 0.15) is 5.82 Å². The number of carbonyl (C=O) groups excluding carboxylic acids is 1. The van der Waals surface area contributed by atoms with Crippen molar-refractivity contribution in [2.24, 2.45) is 0 Å². The summed E-state index contributed by atoms with van der Waals surface area (Å²) in [4.78, 5) is 15.4. The van der Waals surface area contributed by atoms with Gasteiger partial charge in [0.05, 0.1) is 13.7 Å². The first-order valence-electron chi connectivity index (χ1n) is 5.31. The van der Waals surface area contributed by atoms with E-state index in [1.807, 2.05) is 0 Å². The number of nitrogens with one attached hydrogen (secondary N) is 3. The molecule has 0 atom stereocenters. The number of carbonyl (C=O) groups is 1. The lowest BCUT2D eigenvalue weighted by atomic mass is 10.3. The molecule has 1 aromatic heterocycles. The summed E-state index contributed by atoms with van der Waals surface area (Å²) in [7, 11) is 1.59. The zero-order valence-electron chi connectivity index (χ0n) is 9.80. The van der Waals surface area contributed by atoms with Gasteiger partial charge in [-0.05, 0) is 24.3 Å². The molecule has 0 unspecified atom stereocenters. The van der Waals surface area contributed by atoms with E-state index in [0.29, 0.717) is 18.1 Å². The number of amides is 2. The molecule has 0 aliphatic rings. The average Bonchev–Trinajstić information content (AvgIpc) is 2.90. The smallest absolute Gasteiger partial charge is 0.319 e. The third kappa shape index (κ3) is 3.21. The van der Waals surface area contributed by atoms with Crippen molar-refractivity contribution in [1.29, 1.82) is 0 Å². The molecule has 0 radical (unpaired) electrons. The largest absolute Gasteiger partial charge is 0.497 e. The third-order valence-electron chi connectivity index (χ3n) is 2.23. The standard InChI is InChI=1S/C11H13N5O2/c1-18-9-4-2-8(3-5-9)15-11(17)12-6-10-13-7-14-16-10/h2-5,7H,6H2,1H3,(H2,12,15,17)(H,13,14,16). The molecular formula is C11H13N5O2. The van der Waals surface area contributed by atoms with Crippen molar-refractivity contribution in [3.8, 4) is 5.75 Å². The van der Waals surface area contributed by atoms with Gasteiger partial charge in [-0.2, -0.15) is 5.10 Å². The maximum Gasteiger partial charge on any atom is 0.319 e. The number of hydrogen-bond acceptors (Lipinski definition) is 4. The second-order valence-corrected chi connectivity index (χ2v) is 3.47. The van der Waals surface area contributed by atoms with Crippen LogP contribution in [-0.2, 0) is 6.54 Å². The first kappa shape index (κ1) is 11.9. The van der Waals surface area contributed by atoms with E-state index in [1.165, 1.54) is 6.33 Å². The number of urea groups is 1. The Labute approximate surface area is 104 Å². The Kier molecular flexibility index (Phi) is 3.75. The predicted molar refractivity (Wildman–Crippen MR) is 65.2 cm³/mol. The van der Waals surface area contributed by atoms with Crippen LogP contribution >= 0.6 is 0 Å². The minimum absolute atomic E-state index is 0.294. The van der Waals surface area contributed by atoms with Gasteiger partial charge in [0.2, 0.25) is 0 Å². The minimum atomic E-state index is -0.309. The van der Waals surface area contributed by atoms with Gasteiger partial charge in [0.25, 0.3) is 0 Å². The van der Waals surface area contributed by atoms with Crippen LogP contribution in [0.15, 0.2) is 30.6 Å². The minimum Gasteiger partial charge on any atom is -0.497 e. The molecule has 2 aromatic rings. The van der Waals surface area contributed by atoms with Crippen LogP contribution in [0.2, 0.25) is 0 Å². The molecule has 3 N–H and O–H groups in total. The quantitative estimate of drug-likeness (QED) is 0.755. The highest BCUT2D eigenvalue weighted by Gasteiger charge is 2.02. The molecule has 1 aromatic carbocycles. The van der Waals surface area contributed by atoms with E-state index >= 15 is 0 Å². The molecule has 0 spiro atoms. The number of methoxy groups -OCH3 is 1. The van der Waals surface area contributed by atoms with Gasteiger partial charge >= 0.3 is 6.03 Å². The average molecular weight is 247 g/mol. The van der Waals surface area contributed by atoms with Gasteiger partial charge < -0.3 is 15.4 Å². The number of H-pyrrole nitrogens is 1. The first-order chi connectivity index (χ1) is 8.78. The number of ether oxygens (including phenoxy) is 1. The van der Waals surface area contributed by atoms with E-state index in [4.69, 9.17) is 4.74 Å². The lowest BCUT2D eigenvalue weighted by Gasteiger charge is -2.07. The van der Waals surface area contributed by atoms with Gasteiger partial charge in [0.15, 0.2) is 0 Å². The summed E-state index contributed by atoms with van der Waals surface area (Å²) >= 11 is 0. The molecule has 0 saturated heterocycles. The van der Waals surface area contributed by atoms with Gasteiger partial charge in [-0.25, -0.2) is 9.78 Å². The number of rotatable bonds is 4. The lowest BCUT2D eigenvalue weighted by Crippen LogP contribution is -2.28. The Morgan fingerprint density at radius 2 is 2.17 bits per heavy atom. The summed E-state index contributed by atoms with van der Waals surface area (Å²) in [5.74, 6) is 1.34. The Bertz CT molecular complexity index is 495. The van der Waals surface area contributed by atoms with E-state index in [-0.39, 0.29) is 6.03 Å². The molecular weight excluding hydrogens is 234 g/mol. The normalized spacial score (nSPS) is 9.83. The maximum atomic E-state index is 11.5. The monoisotopic (exact) mass is 247 g/mol. The third-order valence-corrected chi connectivity index (χ3v) is 2.23. The maximum absolute atomic E-state index is 11.5. The second kappa shape index (κ2) is 5.67. The summed E-state index contributed by atoms with van der Waals surface area (Å²) in [6, 6.07) is 6.74. The van der Waals surface area contributed by atoms with Crippen LogP contribution < -0.4 is 15.4 Å². The van der Waals surface area contributed by atoms with Crippen molar-refractivity contribution in [3.05, 3.63) is 36.4 Å². The summed E-state index contributed by atoms with van der Waals surface area (Å²) in [6.45, 7) is 0.294. The lowest BCUT2D eigenvalue weighted by molar-refractivity contribution is 0.251. The van der Waals surface area contributed by atoms with Crippen LogP contribution in [0, 0.1) is 0 Å². The van der Waals surface area contributed by atoms with Crippen LogP contribution in [-0.4, -0.2) is 28.3 Å². The second-order valence-electron chi connectivity index (χ2n) is 3.47. The van der Waals surface area contributed by atoms with E-state index in [2.05, 4.69) is 25.8 Å². The molecule has 0 saturated carbocycles. The summed E-state index contributed by atoms with van der Waals surface area (Å²) < 4.78 is 5.02. The van der Waals surface area contributed by atoms with E-state index in [9.17, 15) is 4.79 Å². The molecule has 0 aliphatic carbocycles. The van der Waals surface area contributed by atoms with Gasteiger partial charge in [0.1, 0.15) is 17.9 Å². The van der Waals surface area contributed by atoms with Crippen LogP contribution in [0.3, 0.4) is 0 Å². The van der Waals surface area contributed by atoms with Gasteiger partial charge in [-0.3, -0.25) is 5.10 Å².